The van der Waals surface area contributed by atoms with Crippen molar-refractivity contribution < 1.29 is 29.7 Å². The molecule has 2 aromatic carbocycles. The SMILES string of the molecule is O=C(Nc1ccc(-c2ccnc(N(C(=O)O)C(=O)O)n2)cc1)N[C@H](CO)c1ccccc1. The second-order valence-electron chi connectivity index (χ2n) is 6.46. The fourth-order valence-corrected chi connectivity index (χ4v) is 2.84. The molecule has 11 nitrogen and oxygen atoms in total. The van der Waals surface area contributed by atoms with Crippen LogP contribution in [0.15, 0.2) is 66.9 Å². The summed E-state index contributed by atoms with van der Waals surface area (Å²) in [6, 6.07) is 15.9. The van der Waals surface area contributed by atoms with Crippen LogP contribution in [0.2, 0.25) is 0 Å². The van der Waals surface area contributed by atoms with Crippen LogP contribution < -0.4 is 15.5 Å². The Morgan fingerprint density at radius 1 is 0.938 bits per heavy atom. The minimum atomic E-state index is -1.73. The number of imide groups is 1. The average Bonchev–Trinajstić information content (AvgIpc) is 2.78. The Bertz CT molecular complexity index is 1090. The zero-order valence-electron chi connectivity index (χ0n) is 16.5. The van der Waals surface area contributed by atoms with Gasteiger partial charge in [-0.05, 0) is 23.8 Å². The molecule has 0 radical (unpaired) electrons. The van der Waals surface area contributed by atoms with E-state index in [1.54, 1.807) is 48.5 Å². The van der Waals surface area contributed by atoms with Crippen molar-refractivity contribution in [3.8, 4) is 11.3 Å². The van der Waals surface area contributed by atoms with Crippen molar-refractivity contribution in [3.63, 3.8) is 0 Å². The van der Waals surface area contributed by atoms with Gasteiger partial charge in [-0.2, -0.15) is 0 Å². The van der Waals surface area contributed by atoms with Crippen LogP contribution in [-0.2, 0) is 0 Å². The lowest BCUT2D eigenvalue weighted by Crippen LogP contribution is -2.35. The molecule has 0 saturated carbocycles. The van der Waals surface area contributed by atoms with E-state index in [0.717, 1.165) is 5.56 Å². The highest BCUT2D eigenvalue weighted by Gasteiger charge is 2.25. The molecule has 1 atom stereocenters. The second kappa shape index (κ2) is 10.00. The lowest BCUT2D eigenvalue weighted by molar-refractivity contribution is 0.183. The number of carboxylic acid groups (broad SMARTS) is 2. The number of benzene rings is 2. The lowest BCUT2D eigenvalue weighted by Gasteiger charge is -2.17. The third kappa shape index (κ3) is 5.34. The predicted molar refractivity (Wildman–Crippen MR) is 114 cm³/mol. The highest BCUT2D eigenvalue weighted by Crippen LogP contribution is 2.22. The minimum Gasteiger partial charge on any atom is -0.464 e. The molecule has 0 bridgehead atoms. The number of nitrogens with one attached hydrogen (secondary N) is 2. The van der Waals surface area contributed by atoms with E-state index in [1.807, 2.05) is 6.07 Å². The molecule has 1 heterocycles. The summed E-state index contributed by atoms with van der Waals surface area (Å²) in [5.41, 5.74) is 2.07. The van der Waals surface area contributed by atoms with Crippen molar-refractivity contribution in [1.29, 1.82) is 0 Å². The van der Waals surface area contributed by atoms with Crippen LogP contribution in [0.5, 0.6) is 0 Å². The van der Waals surface area contributed by atoms with Crippen LogP contribution in [0, 0.1) is 0 Å². The summed E-state index contributed by atoms with van der Waals surface area (Å²) in [5.74, 6) is -0.500. The third-order valence-electron chi connectivity index (χ3n) is 4.35. The molecule has 5 N–H and O–H groups in total. The van der Waals surface area contributed by atoms with Crippen LogP contribution in [0.3, 0.4) is 0 Å². The number of nitrogens with zero attached hydrogens (tertiary/aromatic N) is 3. The topological polar surface area (TPSA) is 165 Å². The van der Waals surface area contributed by atoms with Crippen molar-refractivity contribution in [2.45, 2.75) is 6.04 Å². The van der Waals surface area contributed by atoms with E-state index >= 15 is 0 Å². The molecule has 32 heavy (non-hydrogen) atoms. The van der Waals surface area contributed by atoms with Gasteiger partial charge in [0.05, 0.1) is 18.3 Å². The number of anilines is 2. The van der Waals surface area contributed by atoms with Crippen molar-refractivity contribution in [2.75, 3.05) is 16.8 Å². The highest BCUT2D eigenvalue weighted by atomic mass is 16.4. The molecule has 0 spiro atoms. The second-order valence-corrected chi connectivity index (χ2v) is 6.46. The number of hydrogen-bond acceptors (Lipinski definition) is 6. The van der Waals surface area contributed by atoms with E-state index in [-0.39, 0.29) is 11.5 Å². The summed E-state index contributed by atoms with van der Waals surface area (Å²) >= 11 is 0. The monoisotopic (exact) mass is 437 g/mol. The first kappa shape index (κ1) is 22.2. The predicted octanol–water partition coefficient (Wildman–Crippen LogP) is 3.16. The maximum atomic E-state index is 12.3. The lowest BCUT2D eigenvalue weighted by atomic mass is 10.1. The highest BCUT2D eigenvalue weighted by molar-refractivity contribution is 6.06. The van der Waals surface area contributed by atoms with Gasteiger partial charge in [0.25, 0.3) is 0 Å². The van der Waals surface area contributed by atoms with Crippen LogP contribution in [0.1, 0.15) is 11.6 Å². The maximum absolute atomic E-state index is 12.3. The fourth-order valence-electron chi connectivity index (χ4n) is 2.84. The van der Waals surface area contributed by atoms with Crippen molar-refractivity contribution >= 4 is 29.9 Å². The number of carbonyl (C=O) groups is 3. The maximum Gasteiger partial charge on any atom is 0.424 e. The molecule has 0 saturated heterocycles. The minimum absolute atomic E-state index is 0.00801. The van der Waals surface area contributed by atoms with Crippen LogP contribution in [-0.4, -0.2) is 50.1 Å². The summed E-state index contributed by atoms with van der Waals surface area (Å²) < 4.78 is 0. The molecule has 3 aromatic rings. The molecular weight excluding hydrogens is 418 g/mol. The van der Waals surface area contributed by atoms with Gasteiger partial charge in [-0.25, -0.2) is 24.4 Å². The zero-order chi connectivity index (χ0) is 23.1. The van der Waals surface area contributed by atoms with Gasteiger partial charge >= 0.3 is 18.2 Å². The first-order valence-electron chi connectivity index (χ1n) is 9.32. The smallest absolute Gasteiger partial charge is 0.424 e. The van der Waals surface area contributed by atoms with Crippen molar-refractivity contribution in [2.24, 2.45) is 0 Å². The van der Waals surface area contributed by atoms with Gasteiger partial charge in [0, 0.05) is 17.4 Å². The number of hydrogen-bond donors (Lipinski definition) is 5. The molecule has 0 unspecified atom stereocenters. The molecular formula is C21H19N5O6. The van der Waals surface area contributed by atoms with Gasteiger partial charge in [-0.1, -0.05) is 42.5 Å². The van der Waals surface area contributed by atoms with Gasteiger partial charge in [0.2, 0.25) is 5.95 Å². The number of aromatic nitrogens is 2. The number of carbonyl (C=O) groups excluding carboxylic acids is 1. The van der Waals surface area contributed by atoms with Crippen LogP contribution >= 0.6 is 0 Å². The fraction of sp³-hybridized carbons (Fsp3) is 0.0952. The van der Waals surface area contributed by atoms with Crippen LogP contribution in [0.25, 0.3) is 11.3 Å². The molecule has 3 rings (SSSR count). The standard InChI is InChI=1S/C21H19N5O6/c27-12-17(13-4-2-1-3-5-13)25-19(28)23-15-8-6-14(7-9-15)16-10-11-22-18(24-16)26(20(29)30)21(31)32/h1-11,17,27H,12H2,(H,29,30)(H,31,32)(H2,23,25,28)/t17-/m1/s1. The van der Waals surface area contributed by atoms with E-state index < -0.39 is 30.2 Å². The van der Waals surface area contributed by atoms with E-state index in [2.05, 4.69) is 20.6 Å². The summed E-state index contributed by atoms with van der Waals surface area (Å²) in [7, 11) is 0. The first-order valence-corrected chi connectivity index (χ1v) is 9.32. The zero-order valence-corrected chi connectivity index (χ0v) is 16.5. The number of urea groups is 1. The molecule has 11 heteroatoms. The van der Waals surface area contributed by atoms with E-state index in [4.69, 9.17) is 10.2 Å². The van der Waals surface area contributed by atoms with Gasteiger partial charge in [-0.3, -0.25) is 0 Å². The number of aliphatic hydroxyl groups is 1. The van der Waals surface area contributed by atoms with Crippen molar-refractivity contribution in [1.82, 2.24) is 15.3 Å². The largest absolute Gasteiger partial charge is 0.464 e. The van der Waals surface area contributed by atoms with Crippen LogP contribution in [0.4, 0.5) is 26.0 Å². The summed E-state index contributed by atoms with van der Waals surface area (Å²) in [6.07, 6.45) is -2.21. The molecule has 4 amide bonds. The Balaban J connectivity index is 1.70. The molecule has 164 valence electrons. The first-order chi connectivity index (χ1) is 15.4. The van der Waals surface area contributed by atoms with Gasteiger partial charge in [-0.15, -0.1) is 4.90 Å². The number of rotatable bonds is 6. The molecule has 0 aliphatic heterocycles. The van der Waals surface area contributed by atoms with E-state index in [0.29, 0.717) is 16.9 Å². The third-order valence-corrected chi connectivity index (χ3v) is 4.35. The number of amides is 4. The van der Waals surface area contributed by atoms with E-state index in [1.165, 1.54) is 12.3 Å². The molecule has 1 aromatic heterocycles. The molecule has 0 aliphatic rings. The average molecular weight is 437 g/mol. The Labute approximate surface area is 182 Å². The van der Waals surface area contributed by atoms with Gasteiger partial charge in [0.15, 0.2) is 0 Å². The number of aliphatic hydroxyl groups excluding tert-OH is 1. The molecule has 0 aliphatic carbocycles. The normalized spacial score (nSPS) is 11.3. The Kier molecular flexibility index (Phi) is 6.93. The summed E-state index contributed by atoms with van der Waals surface area (Å²) in [5, 5.41) is 33.0. The summed E-state index contributed by atoms with van der Waals surface area (Å²) in [6.45, 7) is -0.268. The van der Waals surface area contributed by atoms with E-state index in [9.17, 15) is 19.5 Å². The Morgan fingerprint density at radius 2 is 1.59 bits per heavy atom. The Hall–Kier alpha value is -4.51. The summed E-state index contributed by atoms with van der Waals surface area (Å²) in [4.78, 5) is 42.2. The Morgan fingerprint density at radius 3 is 2.19 bits per heavy atom. The van der Waals surface area contributed by atoms with Gasteiger partial charge in [0.1, 0.15) is 0 Å². The van der Waals surface area contributed by atoms with Crippen molar-refractivity contribution in [3.05, 3.63) is 72.4 Å². The quantitative estimate of drug-likeness (QED) is 0.392. The molecule has 0 fully saturated rings. The van der Waals surface area contributed by atoms with Gasteiger partial charge < -0.3 is 26.0 Å².